The lowest BCUT2D eigenvalue weighted by molar-refractivity contribution is 0.0769. The smallest absolute Gasteiger partial charge is 0.0662 e. The number of rotatable bonds is 1. The maximum absolute atomic E-state index is 5.60. The van der Waals surface area contributed by atoms with Gasteiger partial charge in [0.25, 0.3) is 0 Å². The van der Waals surface area contributed by atoms with Crippen LogP contribution in [0.3, 0.4) is 0 Å². The number of benzene rings is 1. The molecule has 2 rings (SSSR count). The number of nitrogens with two attached hydrogens (primary N) is 1. The summed E-state index contributed by atoms with van der Waals surface area (Å²) >= 11 is 0. The first-order chi connectivity index (χ1) is 6.36. The summed E-state index contributed by atoms with van der Waals surface area (Å²) in [5.74, 6) is 0. The number of anilines is 1. The summed E-state index contributed by atoms with van der Waals surface area (Å²) in [5, 5.41) is 3.39. The van der Waals surface area contributed by atoms with Gasteiger partial charge in [-0.05, 0) is 17.7 Å². The van der Waals surface area contributed by atoms with E-state index in [0.717, 1.165) is 25.4 Å². The second-order valence-corrected chi connectivity index (χ2v) is 3.25. The normalized spacial score (nSPS) is 22.9. The molecule has 0 aliphatic carbocycles. The lowest BCUT2D eigenvalue weighted by atomic mass is 10.1. The first-order valence-corrected chi connectivity index (χ1v) is 4.53. The maximum atomic E-state index is 5.60. The standard InChI is InChI=1S/C10H14N2O/c11-9-3-1-8(2-4-9)10-7-13-6-5-12-10/h1-4,10,12H,5-7,11H2. The van der Waals surface area contributed by atoms with Crippen LogP contribution in [0.2, 0.25) is 0 Å². The quantitative estimate of drug-likeness (QED) is 0.629. The van der Waals surface area contributed by atoms with Gasteiger partial charge in [-0.25, -0.2) is 0 Å². The second kappa shape index (κ2) is 3.77. The fraction of sp³-hybridized carbons (Fsp3) is 0.400. The van der Waals surface area contributed by atoms with Crippen molar-refractivity contribution in [2.75, 3.05) is 25.5 Å². The SMILES string of the molecule is Nc1ccc(C2COCCN2)cc1. The zero-order valence-corrected chi connectivity index (χ0v) is 7.49. The molecule has 1 aliphatic rings. The monoisotopic (exact) mass is 178 g/mol. The molecule has 1 aromatic rings. The van der Waals surface area contributed by atoms with E-state index in [1.807, 2.05) is 24.3 Å². The number of hydrogen-bond donors (Lipinski definition) is 2. The molecule has 1 atom stereocenters. The van der Waals surface area contributed by atoms with Gasteiger partial charge in [0.2, 0.25) is 0 Å². The number of hydrogen-bond acceptors (Lipinski definition) is 3. The van der Waals surface area contributed by atoms with E-state index in [-0.39, 0.29) is 0 Å². The highest BCUT2D eigenvalue weighted by Gasteiger charge is 2.14. The van der Waals surface area contributed by atoms with Crippen LogP contribution in [0.15, 0.2) is 24.3 Å². The molecule has 1 fully saturated rings. The van der Waals surface area contributed by atoms with E-state index in [1.165, 1.54) is 5.56 Å². The largest absolute Gasteiger partial charge is 0.399 e. The lowest BCUT2D eigenvalue weighted by Crippen LogP contribution is -2.34. The molecule has 0 aromatic heterocycles. The molecule has 3 heteroatoms. The van der Waals surface area contributed by atoms with Gasteiger partial charge in [-0.15, -0.1) is 0 Å². The van der Waals surface area contributed by atoms with Crippen LogP contribution in [-0.2, 0) is 4.74 Å². The van der Waals surface area contributed by atoms with Crippen molar-refractivity contribution in [1.82, 2.24) is 5.32 Å². The minimum absolute atomic E-state index is 0.328. The van der Waals surface area contributed by atoms with Crippen molar-refractivity contribution in [1.29, 1.82) is 0 Å². The minimum atomic E-state index is 0.328. The van der Waals surface area contributed by atoms with E-state index < -0.39 is 0 Å². The average Bonchev–Trinajstić information content (AvgIpc) is 2.20. The summed E-state index contributed by atoms with van der Waals surface area (Å²) in [5.41, 5.74) is 7.65. The van der Waals surface area contributed by atoms with Crippen LogP contribution in [0.5, 0.6) is 0 Å². The number of ether oxygens (including phenoxy) is 1. The number of nitrogens with one attached hydrogen (secondary N) is 1. The third-order valence-electron chi connectivity index (χ3n) is 2.26. The fourth-order valence-corrected chi connectivity index (χ4v) is 1.51. The molecule has 0 amide bonds. The van der Waals surface area contributed by atoms with Crippen molar-refractivity contribution >= 4 is 5.69 Å². The molecule has 3 N–H and O–H groups in total. The van der Waals surface area contributed by atoms with E-state index in [1.54, 1.807) is 0 Å². The lowest BCUT2D eigenvalue weighted by Gasteiger charge is -2.24. The molecule has 1 saturated heterocycles. The molecule has 1 aromatic carbocycles. The Labute approximate surface area is 77.9 Å². The highest BCUT2D eigenvalue weighted by molar-refractivity contribution is 5.40. The summed E-state index contributed by atoms with van der Waals surface area (Å²) in [6.45, 7) is 2.49. The van der Waals surface area contributed by atoms with Gasteiger partial charge in [0.1, 0.15) is 0 Å². The Kier molecular flexibility index (Phi) is 2.47. The van der Waals surface area contributed by atoms with Gasteiger partial charge in [-0.2, -0.15) is 0 Å². The number of morpholine rings is 1. The van der Waals surface area contributed by atoms with Crippen LogP contribution in [0.4, 0.5) is 5.69 Å². The molecular weight excluding hydrogens is 164 g/mol. The third kappa shape index (κ3) is 1.99. The summed E-state index contributed by atoms with van der Waals surface area (Å²) in [4.78, 5) is 0. The van der Waals surface area contributed by atoms with Crippen molar-refractivity contribution in [2.45, 2.75) is 6.04 Å². The van der Waals surface area contributed by atoms with Crippen molar-refractivity contribution in [2.24, 2.45) is 0 Å². The van der Waals surface area contributed by atoms with Crippen LogP contribution >= 0.6 is 0 Å². The molecule has 13 heavy (non-hydrogen) atoms. The van der Waals surface area contributed by atoms with Crippen LogP contribution < -0.4 is 11.1 Å². The van der Waals surface area contributed by atoms with Crippen molar-refractivity contribution < 1.29 is 4.74 Å². The minimum Gasteiger partial charge on any atom is -0.399 e. The predicted octanol–water partition coefficient (Wildman–Crippen LogP) is 0.930. The van der Waals surface area contributed by atoms with Crippen molar-refractivity contribution in [3.8, 4) is 0 Å². The van der Waals surface area contributed by atoms with Crippen molar-refractivity contribution in [3.63, 3.8) is 0 Å². The summed E-state index contributed by atoms with van der Waals surface area (Å²) in [6.07, 6.45) is 0. The Bertz CT molecular complexity index is 265. The maximum Gasteiger partial charge on any atom is 0.0662 e. The van der Waals surface area contributed by atoms with E-state index in [9.17, 15) is 0 Å². The van der Waals surface area contributed by atoms with E-state index in [2.05, 4.69) is 5.32 Å². The molecule has 1 unspecified atom stereocenters. The Morgan fingerprint density at radius 3 is 2.69 bits per heavy atom. The molecule has 0 saturated carbocycles. The van der Waals surface area contributed by atoms with Gasteiger partial charge >= 0.3 is 0 Å². The molecule has 0 spiro atoms. The molecule has 1 heterocycles. The van der Waals surface area contributed by atoms with Gasteiger partial charge < -0.3 is 15.8 Å². The zero-order valence-electron chi connectivity index (χ0n) is 7.49. The van der Waals surface area contributed by atoms with E-state index >= 15 is 0 Å². The van der Waals surface area contributed by atoms with Crippen LogP contribution in [0.25, 0.3) is 0 Å². The van der Waals surface area contributed by atoms with Gasteiger partial charge in [0.05, 0.1) is 19.3 Å². The first-order valence-electron chi connectivity index (χ1n) is 4.53. The van der Waals surface area contributed by atoms with Crippen LogP contribution in [-0.4, -0.2) is 19.8 Å². The molecular formula is C10H14N2O. The molecule has 0 bridgehead atoms. The molecule has 1 aliphatic heterocycles. The third-order valence-corrected chi connectivity index (χ3v) is 2.26. The van der Waals surface area contributed by atoms with Crippen LogP contribution in [0.1, 0.15) is 11.6 Å². The summed E-state index contributed by atoms with van der Waals surface area (Å²) in [6, 6.07) is 8.26. The Morgan fingerprint density at radius 2 is 2.08 bits per heavy atom. The summed E-state index contributed by atoms with van der Waals surface area (Å²) < 4.78 is 5.37. The summed E-state index contributed by atoms with van der Waals surface area (Å²) in [7, 11) is 0. The van der Waals surface area contributed by atoms with Gasteiger partial charge in [-0.3, -0.25) is 0 Å². The van der Waals surface area contributed by atoms with E-state index in [4.69, 9.17) is 10.5 Å². The molecule has 0 radical (unpaired) electrons. The predicted molar refractivity (Wildman–Crippen MR) is 52.4 cm³/mol. The van der Waals surface area contributed by atoms with Gasteiger partial charge in [0, 0.05) is 12.2 Å². The average molecular weight is 178 g/mol. The Balaban J connectivity index is 2.10. The Morgan fingerprint density at radius 1 is 1.31 bits per heavy atom. The Hall–Kier alpha value is -1.06. The molecule has 70 valence electrons. The first kappa shape index (κ1) is 8.53. The van der Waals surface area contributed by atoms with Gasteiger partial charge in [0.15, 0.2) is 0 Å². The van der Waals surface area contributed by atoms with Crippen LogP contribution in [0, 0.1) is 0 Å². The topological polar surface area (TPSA) is 47.3 Å². The highest BCUT2D eigenvalue weighted by atomic mass is 16.5. The second-order valence-electron chi connectivity index (χ2n) is 3.25. The zero-order chi connectivity index (χ0) is 9.10. The van der Waals surface area contributed by atoms with Gasteiger partial charge in [-0.1, -0.05) is 12.1 Å². The number of nitrogen functional groups attached to an aromatic ring is 1. The highest BCUT2D eigenvalue weighted by Crippen LogP contribution is 2.16. The van der Waals surface area contributed by atoms with E-state index in [0.29, 0.717) is 6.04 Å². The molecule has 3 nitrogen and oxygen atoms in total. The fourth-order valence-electron chi connectivity index (χ4n) is 1.51. The van der Waals surface area contributed by atoms with Crippen molar-refractivity contribution in [3.05, 3.63) is 29.8 Å².